The maximum absolute atomic E-state index is 12.4. The molecule has 23 heavy (non-hydrogen) atoms. The zero-order valence-corrected chi connectivity index (χ0v) is 14.5. The van der Waals surface area contributed by atoms with E-state index in [0.29, 0.717) is 20.9 Å². The predicted octanol–water partition coefficient (Wildman–Crippen LogP) is 2.11. The van der Waals surface area contributed by atoms with Gasteiger partial charge in [-0.1, -0.05) is 66.1 Å². The van der Waals surface area contributed by atoms with Crippen LogP contribution < -0.4 is 5.32 Å². The van der Waals surface area contributed by atoms with Crippen molar-refractivity contribution < 1.29 is 9.59 Å². The molecular weight excluding hydrogens is 350 g/mol. The van der Waals surface area contributed by atoms with E-state index in [2.05, 4.69) is 10.3 Å². The van der Waals surface area contributed by atoms with E-state index in [0.717, 1.165) is 11.3 Å². The van der Waals surface area contributed by atoms with Gasteiger partial charge in [0.15, 0.2) is 5.17 Å². The highest BCUT2D eigenvalue weighted by Gasteiger charge is 2.33. The third kappa shape index (κ3) is 4.01. The highest BCUT2D eigenvalue weighted by Crippen LogP contribution is 2.32. The number of nitrogens with zero attached hydrogens (tertiary/aromatic N) is 2. The molecule has 0 unspecified atom stereocenters. The van der Waals surface area contributed by atoms with Gasteiger partial charge in [-0.3, -0.25) is 19.5 Å². The molecule has 0 atom stereocenters. The van der Waals surface area contributed by atoms with E-state index in [1.807, 2.05) is 30.3 Å². The van der Waals surface area contributed by atoms with Crippen LogP contribution in [-0.2, 0) is 9.59 Å². The maximum atomic E-state index is 12.4. The van der Waals surface area contributed by atoms with E-state index < -0.39 is 0 Å². The summed E-state index contributed by atoms with van der Waals surface area (Å²) < 4.78 is 0.397. The fourth-order valence-electron chi connectivity index (χ4n) is 2.05. The van der Waals surface area contributed by atoms with Crippen LogP contribution in [0.5, 0.6) is 0 Å². The van der Waals surface area contributed by atoms with Crippen LogP contribution in [0.15, 0.2) is 40.2 Å². The van der Waals surface area contributed by atoms with Gasteiger partial charge in [0.1, 0.15) is 10.9 Å². The summed E-state index contributed by atoms with van der Waals surface area (Å²) in [5.41, 5.74) is 0.925. The number of thiocarbonyl (C=S) groups is 1. The minimum atomic E-state index is -0.282. The standard InChI is InChI=1S/C15H13N3O2S3/c19-12(17-14-16-6-7-22-14)9-18-13(20)11(23-15(18)21)8-10-4-2-1-3-5-10/h1-5,8H,6-7,9H2,(H,16,17,19). The summed E-state index contributed by atoms with van der Waals surface area (Å²) in [6.07, 6.45) is 1.79. The van der Waals surface area contributed by atoms with Crippen molar-refractivity contribution in [2.45, 2.75) is 0 Å². The molecule has 1 aromatic rings. The highest BCUT2D eigenvalue weighted by atomic mass is 32.2. The predicted molar refractivity (Wildman–Crippen MR) is 99.2 cm³/mol. The zero-order valence-electron chi connectivity index (χ0n) is 12.0. The number of carbonyl (C=O) groups is 2. The lowest BCUT2D eigenvalue weighted by Gasteiger charge is -2.13. The van der Waals surface area contributed by atoms with Crippen molar-refractivity contribution >= 4 is 63.1 Å². The Hall–Kier alpha value is -1.64. The molecule has 3 rings (SSSR count). The van der Waals surface area contributed by atoms with Gasteiger partial charge in [-0.05, 0) is 11.6 Å². The molecule has 8 heteroatoms. The first-order chi connectivity index (χ1) is 11.1. The summed E-state index contributed by atoms with van der Waals surface area (Å²) in [6.45, 7) is 0.623. The zero-order chi connectivity index (χ0) is 16.2. The number of amidine groups is 1. The Morgan fingerprint density at radius 1 is 1.39 bits per heavy atom. The third-order valence-electron chi connectivity index (χ3n) is 3.10. The van der Waals surface area contributed by atoms with Crippen molar-refractivity contribution in [3.8, 4) is 0 Å². The van der Waals surface area contributed by atoms with Crippen molar-refractivity contribution in [1.82, 2.24) is 10.2 Å². The van der Waals surface area contributed by atoms with E-state index in [1.165, 1.54) is 28.4 Å². The van der Waals surface area contributed by atoms with Gasteiger partial charge in [-0.15, -0.1) is 0 Å². The topological polar surface area (TPSA) is 61.8 Å². The first-order valence-corrected chi connectivity index (χ1v) is 9.12. The number of aliphatic imine (C=N–C) groups is 1. The molecule has 0 aromatic heterocycles. The van der Waals surface area contributed by atoms with Crippen LogP contribution in [0.25, 0.3) is 6.08 Å². The van der Waals surface area contributed by atoms with Crippen LogP contribution in [0.2, 0.25) is 0 Å². The second kappa shape index (κ2) is 7.29. The number of carbonyl (C=O) groups excluding carboxylic acids is 2. The Kier molecular flexibility index (Phi) is 5.14. The molecule has 2 aliphatic rings. The lowest BCUT2D eigenvalue weighted by Crippen LogP contribution is -2.40. The van der Waals surface area contributed by atoms with E-state index >= 15 is 0 Å². The van der Waals surface area contributed by atoms with Crippen LogP contribution in [0.4, 0.5) is 0 Å². The van der Waals surface area contributed by atoms with Gasteiger partial charge in [0.05, 0.1) is 11.4 Å². The first-order valence-electron chi connectivity index (χ1n) is 6.91. The van der Waals surface area contributed by atoms with E-state index in [4.69, 9.17) is 12.2 Å². The molecule has 0 bridgehead atoms. The molecule has 0 spiro atoms. The Morgan fingerprint density at radius 3 is 2.87 bits per heavy atom. The van der Waals surface area contributed by atoms with Crippen LogP contribution >= 0.6 is 35.7 Å². The third-order valence-corrected chi connectivity index (χ3v) is 5.37. The number of amides is 2. The Labute approximate surface area is 147 Å². The van der Waals surface area contributed by atoms with Crippen molar-refractivity contribution in [3.63, 3.8) is 0 Å². The second-order valence-corrected chi connectivity index (χ2v) is 7.52. The lowest BCUT2D eigenvalue weighted by atomic mass is 10.2. The molecule has 5 nitrogen and oxygen atoms in total. The highest BCUT2D eigenvalue weighted by molar-refractivity contribution is 8.26. The second-order valence-electron chi connectivity index (χ2n) is 4.76. The number of nitrogens with one attached hydrogen (secondary N) is 1. The van der Waals surface area contributed by atoms with Crippen molar-refractivity contribution in [2.75, 3.05) is 18.8 Å². The van der Waals surface area contributed by atoms with Gasteiger partial charge in [0.25, 0.3) is 5.91 Å². The normalized spacial score (nSPS) is 19.4. The SMILES string of the molecule is O=C(CN1C(=O)C(=Cc2ccccc2)SC1=S)NC1=NCCS1. The number of benzene rings is 1. The average molecular weight is 363 g/mol. The van der Waals surface area contributed by atoms with Gasteiger partial charge in [0, 0.05) is 5.75 Å². The maximum Gasteiger partial charge on any atom is 0.266 e. The number of thioether (sulfide) groups is 2. The van der Waals surface area contributed by atoms with Gasteiger partial charge >= 0.3 is 0 Å². The minimum Gasteiger partial charge on any atom is -0.304 e. The van der Waals surface area contributed by atoms with Gasteiger partial charge in [-0.25, -0.2) is 0 Å². The number of hydrogen-bond donors (Lipinski definition) is 1. The first kappa shape index (κ1) is 16.2. The fraction of sp³-hybridized carbons (Fsp3) is 0.200. The summed E-state index contributed by atoms with van der Waals surface area (Å²) in [6, 6.07) is 9.54. The summed E-state index contributed by atoms with van der Waals surface area (Å²) in [5.74, 6) is 0.353. The molecule has 2 amide bonds. The summed E-state index contributed by atoms with van der Waals surface area (Å²) in [7, 11) is 0. The molecular formula is C15H13N3O2S3. The van der Waals surface area contributed by atoms with Crippen LogP contribution in [0, 0.1) is 0 Å². The molecule has 0 saturated carbocycles. The Balaban J connectivity index is 1.66. The van der Waals surface area contributed by atoms with Crippen LogP contribution in [0.1, 0.15) is 5.56 Å². The molecule has 0 radical (unpaired) electrons. The molecule has 1 saturated heterocycles. The van der Waals surface area contributed by atoms with Gasteiger partial charge < -0.3 is 5.32 Å². The van der Waals surface area contributed by atoms with Crippen LogP contribution in [0.3, 0.4) is 0 Å². The number of hydrogen-bond acceptors (Lipinski definition) is 6. The number of rotatable bonds is 3. The molecule has 2 aliphatic heterocycles. The molecule has 118 valence electrons. The molecule has 1 fully saturated rings. The van der Waals surface area contributed by atoms with E-state index in [9.17, 15) is 9.59 Å². The molecule has 1 N–H and O–H groups in total. The molecule has 1 aromatic carbocycles. The fourth-order valence-corrected chi connectivity index (χ4v) is 4.05. The summed E-state index contributed by atoms with van der Waals surface area (Å²) in [4.78, 5) is 30.5. The summed E-state index contributed by atoms with van der Waals surface area (Å²) in [5, 5.41) is 3.31. The monoisotopic (exact) mass is 363 g/mol. The Morgan fingerprint density at radius 2 is 2.17 bits per heavy atom. The van der Waals surface area contributed by atoms with Crippen LogP contribution in [-0.4, -0.2) is 45.0 Å². The van der Waals surface area contributed by atoms with Crippen molar-refractivity contribution in [1.29, 1.82) is 0 Å². The lowest BCUT2D eigenvalue weighted by molar-refractivity contribution is -0.128. The average Bonchev–Trinajstić information content (AvgIpc) is 3.13. The molecule has 2 heterocycles. The van der Waals surface area contributed by atoms with Gasteiger partial charge in [0.2, 0.25) is 5.91 Å². The van der Waals surface area contributed by atoms with Gasteiger partial charge in [-0.2, -0.15) is 0 Å². The smallest absolute Gasteiger partial charge is 0.266 e. The Bertz CT molecular complexity index is 716. The van der Waals surface area contributed by atoms with E-state index in [-0.39, 0.29) is 18.4 Å². The summed E-state index contributed by atoms with van der Waals surface area (Å²) >= 11 is 7.94. The molecule has 0 aliphatic carbocycles. The van der Waals surface area contributed by atoms with Crippen molar-refractivity contribution in [2.24, 2.45) is 4.99 Å². The minimum absolute atomic E-state index is 0.0869. The van der Waals surface area contributed by atoms with E-state index in [1.54, 1.807) is 6.08 Å². The quantitative estimate of drug-likeness (QED) is 0.658. The van der Waals surface area contributed by atoms with Crippen molar-refractivity contribution in [3.05, 3.63) is 40.8 Å². The largest absolute Gasteiger partial charge is 0.304 e.